The lowest BCUT2D eigenvalue weighted by molar-refractivity contribution is -0.126. The molecule has 0 bridgehead atoms. The topological polar surface area (TPSA) is 55.1 Å². The van der Waals surface area contributed by atoms with Crippen molar-refractivity contribution < 1.29 is 4.79 Å². The maximum absolute atomic E-state index is 11.9. The molecule has 1 amide bonds. The Morgan fingerprint density at radius 3 is 2.53 bits per heavy atom. The van der Waals surface area contributed by atoms with Crippen LogP contribution in [0.2, 0.25) is 0 Å². The molecule has 2 aliphatic carbocycles. The van der Waals surface area contributed by atoms with Gasteiger partial charge in [-0.1, -0.05) is 39.0 Å². The van der Waals surface area contributed by atoms with E-state index in [-0.39, 0.29) is 5.91 Å². The molecule has 2 rings (SSSR count). The summed E-state index contributed by atoms with van der Waals surface area (Å²) in [6, 6.07) is 0.517. The third-order valence-electron chi connectivity index (χ3n) is 4.82. The van der Waals surface area contributed by atoms with Crippen LogP contribution in [-0.2, 0) is 4.79 Å². The van der Waals surface area contributed by atoms with Gasteiger partial charge in [0.2, 0.25) is 5.91 Å². The van der Waals surface area contributed by atoms with Gasteiger partial charge in [0.1, 0.15) is 5.54 Å². The van der Waals surface area contributed by atoms with Crippen molar-refractivity contribution in [1.82, 2.24) is 5.32 Å². The molecule has 2 atom stereocenters. The van der Waals surface area contributed by atoms with E-state index in [9.17, 15) is 4.79 Å². The maximum Gasteiger partial charge on any atom is 0.238 e. The first-order valence-electron chi connectivity index (χ1n) is 7.26. The Morgan fingerprint density at radius 1 is 1.24 bits per heavy atom. The predicted octanol–water partition coefficient (Wildman–Crippen LogP) is 2.34. The Labute approximate surface area is 105 Å². The summed E-state index contributed by atoms with van der Waals surface area (Å²) in [6.45, 7) is 2.18. The molecule has 0 heterocycles. The summed E-state index contributed by atoms with van der Waals surface area (Å²) in [5.41, 5.74) is 5.32. The minimum atomic E-state index is -0.392. The van der Waals surface area contributed by atoms with E-state index in [1.165, 1.54) is 32.1 Å². The number of amides is 1. The Bertz CT molecular complexity index is 273. The molecule has 0 aromatic heterocycles. The minimum absolute atomic E-state index is 0.118. The highest BCUT2D eigenvalue weighted by molar-refractivity contribution is 5.85. The van der Waals surface area contributed by atoms with Crippen LogP contribution in [-0.4, -0.2) is 17.5 Å². The number of nitrogens with one attached hydrogen (secondary N) is 1. The number of nitrogens with two attached hydrogens (primary N) is 1. The molecule has 0 aromatic rings. The Balaban J connectivity index is 2.08. The van der Waals surface area contributed by atoms with E-state index >= 15 is 0 Å². The highest BCUT2D eigenvalue weighted by Crippen LogP contribution is 2.39. The third-order valence-corrected chi connectivity index (χ3v) is 4.82. The van der Waals surface area contributed by atoms with Gasteiger partial charge in [-0.15, -0.1) is 0 Å². The third kappa shape index (κ3) is 2.49. The lowest BCUT2D eigenvalue weighted by Gasteiger charge is -2.38. The fourth-order valence-corrected chi connectivity index (χ4v) is 3.83. The van der Waals surface area contributed by atoms with Crippen molar-refractivity contribution in [2.75, 3.05) is 0 Å². The molecule has 98 valence electrons. The molecule has 0 aliphatic heterocycles. The van der Waals surface area contributed by atoms with Gasteiger partial charge in [-0.25, -0.2) is 0 Å². The molecule has 2 unspecified atom stereocenters. The molecule has 17 heavy (non-hydrogen) atoms. The molecule has 3 N–H and O–H groups in total. The first-order chi connectivity index (χ1) is 8.19. The van der Waals surface area contributed by atoms with Crippen LogP contribution in [0.5, 0.6) is 0 Å². The zero-order chi connectivity index (χ0) is 12.3. The fourth-order valence-electron chi connectivity index (χ4n) is 3.83. The van der Waals surface area contributed by atoms with Gasteiger partial charge >= 0.3 is 0 Å². The van der Waals surface area contributed by atoms with E-state index in [2.05, 4.69) is 12.2 Å². The number of primary amides is 1. The van der Waals surface area contributed by atoms with E-state index in [4.69, 9.17) is 5.73 Å². The SMILES string of the molecule is CCC1CCCC1(NC1CCCCC1)C(N)=O. The van der Waals surface area contributed by atoms with E-state index < -0.39 is 5.54 Å². The zero-order valence-electron chi connectivity index (χ0n) is 11.0. The van der Waals surface area contributed by atoms with Gasteiger partial charge in [-0.05, 0) is 31.6 Å². The minimum Gasteiger partial charge on any atom is -0.368 e. The van der Waals surface area contributed by atoms with Crippen molar-refractivity contribution in [3.8, 4) is 0 Å². The molecule has 0 radical (unpaired) electrons. The van der Waals surface area contributed by atoms with Crippen LogP contribution in [0.1, 0.15) is 64.7 Å². The van der Waals surface area contributed by atoms with Crippen molar-refractivity contribution in [2.24, 2.45) is 11.7 Å². The average Bonchev–Trinajstić information content (AvgIpc) is 2.74. The average molecular weight is 238 g/mol. The van der Waals surface area contributed by atoms with E-state index in [1.54, 1.807) is 0 Å². The summed E-state index contributed by atoms with van der Waals surface area (Å²) in [5.74, 6) is 0.328. The number of carbonyl (C=O) groups is 1. The highest BCUT2D eigenvalue weighted by Gasteiger charge is 2.47. The Hall–Kier alpha value is -0.570. The van der Waals surface area contributed by atoms with Crippen LogP contribution in [0, 0.1) is 5.92 Å². The quantitative estimate of drug-likeness (QED) is 0.790. The summed E-state index contributed by atoms with van der Waals surface area (Å²) in [6.07, 6.45) is 10.7. The first-order valence-corrected chi connectivity index (χ1v) is 7.26. The van der Waals surface area contributed by atoms with E-state index in [0.29, 0.717) is 12.0 Å². The van der Waals surface area contributed by atoms with E-state index in [1.807, 2.05) is 0 Å². The molecule has 0 spiro atoms. The van der Waals surface area contributed by atoms with Crippen LogP contribution in [0.4, 0.5) is 0 Å². The number of hydrogen-bond donors (Lipinski definition) is 2. The van der Waals surface area contributed by atoms with Crippen LogP contribution < -0.4 is 11.1 Å². The number of carbonyl (C=O) groups excluding carboxylic acids is 1. The molecule has 2 fully saturated rings. The van der Waals surface area contributed by atoms with Crippen molar-refractivity contribution in [2.45, 2.75) is 76.3 Å². The second kappa shape index (κ2) is 5.38. The fraction of sp³-hybridized carbons (Fsp3) is 0.929. The molecule has 0 saturated heterocycles. The molecular formula is C14H26N2O. The van der Waals surface area contributed by atoms with Crippen LogP contribution in [0.25, 0.3) is 0 Å². The van der Waals surface area contributed by atoms with Gasteiger partial charge in [0.15, 0.2) is 0 Å². The van der Waals surface area contributed by atoms with Crippen molar-refractivity contribution in [3.05, 3.63) is 0 Å². The zero-order valence-corrected chi connectivity index (χ0v) is 11.0. The summed E-state index contributed by atoms with van der Waals surface area (Å²) in [4.78, 5) is 11.9. The maximum atomic E-state index is 11.9. The van der Waals surface area contributed by atoms with Crippen molar-refractivity contribution in [1.29, 1.82) is 0 Å². The lowest BCUT2D eigenvalue weighted by Crippen LogP contribution is -2.61. The lowest BCUT2D eigenvalue weighted by atomic mass is 9.82. The van der Waals surface area contributed by atoms with Crippen LogP contribution in [0.15, 0.2) is 0 Å². The smallest absolute Gasteiger partial charge is 0.238 e. The Kier molecular flexibility index (Phi) is 4.08. The number of hydrogen-bond acceptors (Lipinski definition) is 2. The summed E-state index contributed by atoms with van der Waals surface area (Å²) >= 11 is 0. The van der Waals surface area contributed by atoms with Crippen molar-refractivity contribution in [3.63, 3.8) is 0 Å². The normalized spacial score (nSPS) is 35.0. The summed E-state index contributed by atoms with van der Waals surface area (Å²) in [7, 11) is 0. The van der Waals surface area contributed by atoms with Gasteiger partial charge in [-0.2, -0.15) is 0 Å². The second-order valence-corrected chi connectivity index (χ2v) is 5.81. The first kappa shape index (κ1) is 12.9. The standard InChI is InChI=1S/C14H26N2O/c1-2-11-7-6-10-14(11,13(15)17)16-12-8-4-3-5-9-12/h11-12,16H,2-10H2,1H3,(H2,15,17). The van der Waals surface area contributed by atoms with Gasteiger partial charge in [-0.3, -0.25) is 4.79 Å². The van der Waals surface area contributed by atoms with Crippen molar-refractivity contribution >= 4 is 5.91 Å². The molecular weight excluding hydrogens is 212 g/mol. The summed E-state index contributed by atoms with van der Waals surface area (Å²) in [5, 5.41) is 3.66. The van der Waals surface area contributed by atoms with Gasteiger partial charge < -0.3 is 11.1 Å². The number of rotatable bonds is 4. The van der Waals surface area contributed by atoms with Gasteiger partial charge in [0, 0.05) is 6.04 Å². The molecule has 3 nitrogen and oxygen atoms in total. The molecule has 0 aromatic carbocycles. The molecule has 2 saturated carbocycles. The van der Waals surface area contributed by atoms with Crippen LogP contribution in [0.3, 0.4) is 0 Å². The van der Waals surface area contributed by atoms with Crippen LogP contribution >= 0.6 is 0 Å². The summed E-state index contributed by atoms with van der Waals surface area (Å²) < 4.78 is 0. The largest absolute Gasteiger partial charge is 0.368 e. The van der Waals surface area contributed by atoms with Gasteiger partial charge in [0.25, 0.3) is 0 Å². The Morgan fingerprint density at radius 2 is 1.94 bits per heavy atom. The highest BCUT2D eigenvalue weighted by atomic mass is 16.1. The molecule has 3 heteroatoms. The predicted molar refractivity (Wildman–Crippen MR) is 69.6 cm³/mol. The van der Waals surface area contributed by atoms with Gasteiger partial charge in [0.05, 0.1) is 0 Å². The second-order valence-electron chi connectivity index (χ2n) is 5.81. The molecule has 2 aliphatic rings. The monoisotopic (exact) mass is 238 g/mol. The van der Waals surface area contributed by atoms with E-state index in [0.717, 1.165) is 25.7 Å².